The molecule has 0 heterocycles. The van der Waals surface area contributed by atoms with Gasteiger partial charge >= 0.3 is 6.09 Å². The number of carbonyl (C=O) groups is 2. The van der Waals surface area contributed by atoms with Crippen LogP contribution in [0.4, 0.5) is 4.79 Å². The molecule has 0 saturated heterocycles. The van der Waals surface area contributed by atoms with Crippen molar-refractivity contribution in [2.24, 2.45) is 11.3 Å². The Morgan fingerprint density at radius 1 is 1.07 bits per heavy atom. The topological polar surface area (TPSA) is 67.4 Å². The number of carbonyl (C=O) groups excluding carboxylic acids is 2. The molecule has 1 aromatic carbocycles. The molecule has 2 N–H and O–H groups in total. The van der Waals surface area contributed by atoms with Crippen LogP contribution in [0.2, 0.25) is 0 Å². The van der Waals surface area contributed by atoms with Crippen LogP contribution < -0.4 is 10.6 Å². The Morgan fingerprint density at radius 3 is 2.29 bits per heavy atom. The lowest BCUT2D eigenvalue weighted by atomic mass is 9.82. The van der Waals surface area contributed by atoms with Crippen molar-refractivity contribution in [3.8, 4) is 0 Å². The summed E-state index contributed by atoms with van der Waals surface area (Å²) in [5.74, 6) is 0.0702. The van der Waals surface area contributed by atoms with Crippen LogP contribution in [0.15, 0.2) is 30.3 Å². The molecule has 28 heavy (non-hydrogen) atoms. The van der Waals surface area contributed by atoms with E-state index in [4.69, 9.17) is 4.74 Å². The molecule has 1 aromatic rings. The zero-order valence-corrected chi connectivity index (χ0v) is 17.8. The average molecular weight is 389 g/mol. The second kappa shape index (κ2) is 10.5. The smallest absolute Gasteiger partial charge is 0.408 e. The number of benzene rings is 1. The lowest BCUT2D eigenvalue weighted by Gasteiger charge is -2.35. The fraction of sp³-hybridized carbons (Fsp3) is 0.652. The van der Waals surface area contributed by atoms with Gasteiger partial charge in [0, 0.05) is 6.04 Å². The van der Waals surface area contributed by atoms with Crippen LogP contribution in [-0.4, -0.2) is 24.1 Å². The Hall–Kier alpha value is -2.04. The van der Waals surface area contributed by atoms with E-state index in [2.05, 4.69) is 38.3 Å². The summed E-state index contributed by atoms with van der Waals surface area (Å²) < 4.78 is 5.37. The largest absolute Gasteiger partial charge is 0.445 e. The van der Waals surface area contributed by atoms with E-state index in [1.54, 1.807) is 0 Å². The number of amides is 2. The van der Waals surface area contributed by atoms with Crippen LogP contribution in [0.1, 0.15) is 71.8 Å². The molecule has 0 unspecified atom stereocenters. The fourth-order valence-electron chi connectivity index (χ4n) is 3.95. The predicted octanol–water partition coefficient (Wildman–Crippen LogP) is 4.80. The van der Waals surface area contributed by atoms with Crippen LogP contribution in [0.25, 0.3) is 0 Å². The molecule has 1 aliphatic rings. The van der Waals surface area contributed by atoms with Gasteiger partial charge in [0.15, 0.2) is 0 Å². The number of hydrogen-bond donors (Lipinski definition) is 2. The summed E-state index contributed by atoms with van der Waals surface area (Å²) in [6.07, 6.45) is 5.65. The summed E-state index contributed by atoms with van der Waals surface area (Å²) in [6.45, 7) is 8.65. The molecule has 2 amide bonds. The minimum atomic E-state index is -0.542. The first-order valence-electron chi connectivity index (χ1n) is 10.6. The first-order valence-corrected chi connectivity index (χ1v) is 10.6. The minimum absolute atomic E-state index is 0.0324. The van der Waals surface area contributed by atoms with Crippen molar-refractivity contribution < 1.29 is 14.3 Å². The Morgan fingerprint density at radius 2 is 1.71 bits per heavy atom. The predicted molar refractivity (Wildman–Crippen MR) is 112 cm³/mol. The van der Waals surface area contributed by atoms with Gasteiger partial charge in [0.25, 0.3) is 0 Å². The first-order chi connectivity index (χ1) is 13.3. The molecular weight excluding hydrogens is 352 g/mol. The molecule has 2 atom stereocenters. The second-order valence-corrected chi connectivity index (χ2v) is 8.92. The average Bonchev–Trinajstić information content (AvgIpc) is 2.69. The summed E-state index contributed by atoms with van der Waals surface area (Å²) in [5, 5.41) is 6.04. The zero-order chi connectivity index (χ0) is 20.6. The van der Waals surface area contributed by atoms with E-state index in [9.17, 15) is 9.59 Å². The zero-order valence-electron chi connectivity index (χ0n) is 17.8. The molecular formula is C23H36N2O3. The van der Waals surface area contributed by atoms with Crippen molar-refractivity contribution in [3.63, 3.8) is 0 Å². The van der Waals surface area contributed by atoms with Gasteiger partial charge in [0.1, 0.15) is 12.6 Å². The minimum Gasteiger partial charge on any atom is -0.445 e. The van der Waals surface area contributed by atoms with Gasteiger partial charge in [-0.3, -0.25) is 4.79 Å². The quantitative estimate of drug-likeness (QED) is 0.705. The molecule has 5 nitrogen and oxygen atoms in total. The van der Waals surface area contributed by atoms with Crippen molar-refractivity contribution in [3.05, 3.63) is 35.9 Å². The van der Waals surface area contributed by atoms with Gasteiger partial charge in [0.2, 0.25) is 5.91 Å². The van der Waals surface area contributed by atoms with Gasteiger partial charge in [-0.2, -0.15) is 0 Å². The summed E-state index contributed by atoms with van der Waals surface area (Å²) >= 11 is 0. The highest BCUT2D eigenvalue weighted by atomic mass is 16.5. The molecule has 0 aromatic heterocycles. The van der Waals surface area contributed by atoms with Crippen LogP contribution in [0.3, 0.4) is 0 Å². The molecule has 1 saturated carbocycles. The lowest BCUT2D eigenvalue weighted by Crippen LogP contribution is -2.55. The third-order valence-corrected chi connectivity index (χ3v) is 5.66. The number of alkyl carbamates (subject to hydrolysis) is 1. The molecule has 156 valence electrons. The van der Waals surface area contributed by atoms with Gasteiger partial charge in [-0.15, -0.1) is 0 Å². The molecule has 1 aliphatic carbocycles. The van der Waals surface area contributed by atoms with E-state index in [1.807, 2.05) is 30.3 Å². The Labute approximate surface area is 169 Å². The number of hydrogen-bond acceptors (Lipinski definition) is 3. The summed E-state index contributed by atoms with van der Waals surface area (Å²) in [7, 11) is 0. The Balaban J connectivity index is 2.01. The lowest BCUT2D eigenvalue weighted by molar-refractivity contribution is -0.126. The highest BCUT2D eigenvalue weighted by Crippen LogP contribution is 2.28. The highest BCUT2D eigenvalue weighted by molar-refractivity contribution is 5.86. The fourth-order valence-corrected chi connectivity index (χ4v) is 3.95. The second-order valence-electron chi connectivity index (χ2n) is 8.92. The highest BCUT2D eigenvalue weighted by Gasteiger charge is 2.34. The van der Waals surface area contributed by atoms with Crippen LogP contribution in [0, 0.1) is 11.3 Å². The number of rotatable bonds is 7. The Bertz CT molecular complexity index is 618. The number of ether oxygens (including phenoxy) is 1. The summed E-state index contributed by atoms with van der Waals surface area (Å²) in [5.41, 5.74) is 0.894. The van der Waals surface area contributed by atoms with E-state index >= 15 is 0 Å². The van der Waals surface area contributed by atoms with Gasteiger partial charge in [-0.25, -0.2) is 4.79 Å². The molecule has 0 radical (unpaired) electrons. The summed E-state index contributed by atoms with van der Waals surface area (Å²) in [4.78, 5) is 25.5. The maximum atomic E-state index is 13.1. The monoisotopic (exact) mass is 388 g/mol. The molecule has 2 rings (SSSR count). The summed E-state index contributed by atoms with van der Waals surface area (Å²) in [6, 6.07) is 9.08. The van der Waals surface area contributed by atoms with E-state index in [0.717, 1.165) is 37.7 Å². The van der Waals surface area contributed by atoms with Gasteiger partial charge < -0.3 is 15.4 Å². The SMILES string of the molecule is CC[C@@H](NC(=O)[C@@H](NC(=O)OCc1ccccc1)C1CCCCC1)C(C)(C)C. The van der Waals surface area contributed by atoms with E-state index in [1.165, 1.54) is 6.42 Å². The third kappa shape index (κ3) is 6.84. The molecule has 5 heteroatoms. The standard InChI is InChI=1S/C23H36N2O3/c1-5-19(23(2,3)4)24-21(26)20(18-14-10-7-11-15-18)25-22(27)28-16-17-12-8-6-9-13-17/h6,8-9,12-13,18-20H,5,7,10-11,14-16H2,1-4H3,(H,24,26)(H,25,27)/t19-,20+/m1/s1. The van der Waals surface area contributed by atoms with E-state index < -0.39 is 12.1 Å². The van der Waals surface area contributed by atoms with Gasteiger partial charge in [-0.1, -0.05) is 77.3 Å². The number of nitrogens with one attached hydrogen (secondary N) is 2. The molecule has 0 bridgehead atoms. The maximum absolute atomic E-state index is 13.1. The van der Waals surface area contributed by atoms with Crippen molar-refractivity contribution in [2.45, 2.75) is 84.9 Å². The van der Waals surface area contributed by atoms with Crippen molar-refractivity contribution in [2.75, 3.05) is 0 Å². The van der Waals surface area contributed by atoms with Gasteiger partial charge in [-0.05, 0) is 36.2 Å². The first kappa shape index (κ1) is 22.3. The molecule has 0 spiro atoms. The van der Waals surface area contributed by atoms with E-state index in [0.29, 0.717) is 0 Å². The van der Waals surface area contributed by atoms with Crippen molar-refractivity contribution >= 4 is 12.0 Å². The van der Waals surface area contributed by atoms with Crippen LogP contribution >= 0.6 is 0 Å². The van der Waals surface area contributed by atoms with Gasteiger partial charge in [0.05, 0.1) is 0 Å². The van der Waals surface area contributed by atoms with E-state index in [-0.39, 0.29) is 29.9 Å². The molecule has 1 fully saturated rings. The molecule has 0 aliphatic heterocycles. The maximum Gasteiger partial charge on any atom is 0.408 e. The normalized spacial score (nSPS) is 17.4. The Kier molecular flexibility index (Phi) is 8.34. The van der Waals surface area contributed by atoms with Crippen LogP contribution in [0.5, 0.6) is 0 Å². The third-order valence-electron chi connectivity index (χ3n) is 5.66. The van der Waals surface area contributed by atoms with Crippen molar-refractivity contribution in [1.82, 2.24) is 10.6 Å². The van der Waals surface area contributed by atoms with Crippen LogP contribution in [-0.2, 0) is 16.1 Å². The van der Waals surface area contributed by atoms with Crippen molar-refractivity contribution in [1.29, 1.82) is 0 Å².